The van der Waals surface area contributed by atoms with Crippen molar-refractivity contribution >= 4 is 24.6 Å². The molecule has 0 saturated heterocycles. The Labute approximate surface area is 52.0 Å². The predicted octanol–water partition coefficient (Wildman–Crippen LogP) is 2.12. The fourth-order valence-corrected chi connectivity index (χ4v) is 0.596. The fourth-order valence-electron chi connectivity index (χ4n) is 0.0964. The highest BCUT2D eigenvalue weighted by molar-refractivity contribution is 9.11. The summed E-state index contributed by atoms with van der Waals surface area (Å²) >= 11 is 3.01. The quantitative estimate of drug-likeness (QED) is 0.626. The molecule has 40 valence electrons. The maximum atomic E-state index is 9.52. The van der Waals surface area contributed by atoms with Crippen LogP contribution in [0.4, 0.5) is 0 Å². The number of hydrogen-bond donors (Lipinski definition) is 0. The van der Waals surface area contributed by atoms with E-state index in [9.17, 15) is 4.57 Å². The molecule has 0 aliphatic heterocycles. The number of rotatable bonds is 3. The van der Waals surface area contributed by atoms with Crippen LogP contribution in [0.5, 0.6) is 0 Å². The summed E-state index contributed by atoms with van der Waals surface area (Å²) < 4.78 is 14.6. The van der Waals surface area contributed by atoms with Gasteiger partial charge in [0.2, 0.25) is 0 Å². The molecule has 2 nitrogen and oxygen atoms in total. The minimum Gasteiger partial charge on any atom is -0.289 e. The summed E-state index contributed by atoms with van der Waals surface area (Å²) in [5.41, 5.74) is 0. The largest absolute Gasteiger partial charge is 0.327 e. The maximum Gasteiger partial charge on any atom is 0.327 e. The normalized spacial score (nSPS) is 9.29. The molecule has 0 atom stereocenters. The first-order valence-corrected chi connectivity index (χ1v) is 3.07. The van der Waals surface area contributed by atoms with Crippen LogP contribution in [-0.2, 0) is 9.09 Å². The van der Waals surface area contributed by atoms with Gasteiger partial charge in [0.1, 0.15) is 0 Å². The average molecular weight is 183 g/mol. The molecule has 0 spiro atoms. The van der Waals surface area contributed by atoms with Crippen LogP contribution < -0.4 is 0 Å². The van der Waals surface area contributed by atoms with E-state index < -0.39 is 0 Å². The molecule has 0 aromatic rings. The Kier molecular flexibility index (Phi) is 4.62. The Morgan fingerprint density at radius 2 is 2.57 bits per heavy atom. The zero-order chi connectivity index (χ0) is 5.70. The first-order chi connectivity index (χ1) is 3.27. The summed E-state index contributed by atoms with van der Waals surface area (Å²) in [5.74, 6) is 0. The van der Waals surface area contributed by atoms with Crippen LogP contribution in [0.15, 0.2) is 11.1 Å². The highest BCUT2D eigenvalue weighted by Gasteiger charge is 1.83. The standard InChI is InChI=1S/C3H4BrO2P/c1-3(4)2-6-7-5/h1-2H2. The van der Waals surface area contributed by atoms with Gasteiger partial charge in [-0.1, -0.05) is 22.5 Å². The second kappa shape index (κ2) is 4.44. The van der Waals surface area contributed by atoms with E-state index in [4.69, 9.17) is 0 Å². The second-order valence-corrected chi connectivity index (χ2v) is 2.39. The third-order valence-corrected chi connectivity index (χ3v) is 0.737. The Bertz CT molecular complexity index is 83.0. The fraction of sp³-hybridized carbons (Fsp3) is 0.333. The van der Waals surface area contributed by atoms with E-state index in [0.29, 0.717) is 11.1 Å². The first kappa shape index (κ1) is 7.28. The summed E-state index contributed by atoms with van der Waals surface area (Å²) in [6.07, 6.45) is 0. The third kappa shape index (κ3) is 6.28. The molecular weight excluding hydrogens is 179 g/mol. The summed E-state index contributed by atoms with van der Waals surface area (Å²) in [7, 11) is -0.301. The molecule has 0 amide bonds. The van der Waals surface area contributed by atoms with Crippen LogP contribution in [0.1, 0.15) is 0 Å². The van der Waals surface area contributed by atoms with Crippen LogP contribution in [0.3, 0.4) is 0 Å². The van der Waals surface area contributed by atoms with Gasteiger partial charge in [-0.3, -0.25) is 4.52 Å². The minimum absolute atomic E-state index is 0.297. The van der Waals surface area contributed by atoms with Crippen molar-refractivity contribution in [2.24, 2.45) is 0 Å². The third-order valence-electron chi connectivity index (χ3n) is 0.274. The zero-order valence-electron chi connectivity index (χ0n) is 3.56. The van der Waals surface area contributed by atoms with Crippen molar-refractivity contribution in [3.63, 3.8) is 0 Å². The van der Waals surface area contributed by atoms with Gasteiger partial charge in [-0.15, -0.1) is 0 Å². The lowest BCUT2D eigenvalue weighted by atomic mass is 10.7. The Hall–Kier alpha value is 0.280. The lowest BCUT2D eigenvalue weighted by Crippen LogP contribution is -1.77. The highest BCUT2D eigenvalue weighted by Crippen LogP contribution is 2.04. The molecule has 0 radical (unpaired) electrons. The molecule has 0 heterocycles. The summed E-state index contributed by atoms with van der Waals surface area (Å²) in [6, 6.07) is 0. The molecule has 0 N–H and O–H groups in total. The van der Waals surface area contributed by atoms with Gasteiger partial charge < -0.3 is 0 Å². The second-order valence-electron chi connectivity index (χ2n) is 0.865. The lowest BCUT2D eigenvalue weighted by Gasteiger charge is -1.85. The van der Waals surface area contributed by atoms with Gasteiger partial charge in [-0.2, -0.15) is 0 Å². The van der Waals surface area contributed by atoms with Crippen molar-refractivity contribution in [3.05, 3.63) is 11.1 Å². The predicted molar refractivity (Wildman–Crippen MR) is 31.6 cm³/mol. The van der Waals surface area contributed by atoms with Crippen LogP contribution in [0.25, 0.3) is 0 Å². The first-order valence-electron chi connectivity index (χ1n) is 1.55. The van der Waals surface area contributed by atoms with Gasteiger partial charge in [0, 0.05) is 4.48 Å². The molecule has 0 aromatic carbocycles. The maximum absolute atomic E-state index is 9.52. The molecule has 0 fully saturated rings. The SMILES string of the molecule is C=C(Br)COP=O. The van der Waals surface area contributed by atoms with Gasteiger partial charge >= 0.3 is 8.69 Å². The monoisotopic (exact) mass is 182 g/mol. The lowest BCUT2D eigenvalue weighted by molar-refractivity contribution is 0.385. The number of hydrogen-bond acceptors (Lipinski definition) is 2. The van der Waals surface area contributed by atoms with Crippen LogP contribution >= 0.6 is 24.6 Å². The Morgan fingerprint density at radius 1 is 2.00 bits per heavy atom. The van der Waals surface area contributed by atoms with Gasteiger partial charge in [0.15, 0.2) is 0 Å². The Morgan fingerprint density at radius 3 is 2.71 bits per heavy atom. The van der Waals surface area contributed by atoms with E-state index in [1.54, 1.807) is 0 Å². The van der Waals surface area contributed by atoms with Crippen molar-refractivity contribution in [2.45, 2.75) is 0 Å². The molecule has 0 aliphatic rings. The van der Waals surface area contributed by atoms with Gasteiger partial charge in [0.05, 0.1) is 6.61 Å². The van der Waals surface area contributed by atoms with E-state index in [2.05, 4.69) is 27.0 Å². The molecule has 0 unspecified atom stereocenters. The van der Waals surface area contributed by atoms with E-state index in [1.165, 1.54) is 0 Å². The molecular formula is C3H4BrO2P. The summed E-state index contributed by atoms with van der Waals surface area (Å²) in [5, 5.41) is 0. The van der Waals surface area contributed by atoms with Crippen LogP contribution in [0.2, 0.25) is 0 Å². The molecule has 0 aliphatic carbocycles. The topological polar surface area (TPSA) is 26.3 Å². The average Bonchev–Trinajstić information content (AvgIpc) is 1.61. The van der Waals surface area contributed by atoms with Crippen molar-refractivity contribution in [1.29, 1.82) is 0 Å². The van der Waals surface area contributed by atoms with Crippen molar-refractivity contribution in [1.82, 2.24) is 0 Å². The smallest absolute Gasteiger partial charge is 0.289 e. The number of halogens is 1. The molecule has 0 rings (SSSR count). The van der Waals surface area contributed by atoms with Gasteiger partial charge in [-0.25, -0.2) is 4.57 Å². The van der Waals surface area contributed by atoms with E-state index in [-0.39, 0.29) is 8.69 Å². The van der Waals surface area contributed by atoms with Crippen LogP contribution in [-0.4, -0.2) is 6.61 Å². The van der Waals surface area contributed by atoms with E-state index >= 15 is 0 Å². The molecule has 7 heavy (non-hydrogen) atoms. The zero-order valence-corrected chi connectivity index (χ0v) is 6.04. The molecule has 0 saturated carbocycles. The van der Waals surface area contributed by atoms with Crippen molar-refractivity contribution < 1.29 is 9.09 Å². The summed E-state index contributed by atoms with van der Waals surface area (Å²) in [4.78, 5) is 0. The Balaban J connectivity index is 2.97. The molecule has 0 bridgehead atoms. The minimum atomic E-state index is -0.301. The molecule has 4 heteroatoms. The van der Waals surface area contributed by atoms with Gasteiger partial charge in [0.25, 0.3) is 0 Å². The highest BCUT2D eigenvalue weighted by atomic mass is 79.9. The van der Waals surface area contributed by atoms with Crippen molar-refractivity contribution in [3.8, 4) is 0 Å². The summed E-state index contributed by atoms with van der Waals surface area (Å²) in [6.45, 7) is 3.74. The van der Waals surface area contributed by atoms with Crippen molar-refractivity contribution in [2.75, 3.05) is 6.61 Å². The van der Waals surface area contributed by atoms with E-state index in [1.807, 2.05) is 0 Å². The van der Waals surface area contributed by atoms with Crippen LogP contribution in [0, 0.1) is 0 Å². The van der Waals surface area contributed by atoms with Gasteiger partial charge in [-0.05, 0) is 0 Å². The van der Waals surface area contributed by atoms with E-state index in [0.717, 1.165) is 0 Å². The molecule has 0 aromatic heterocycles.